The van der Waals surface area contributed by atoms with Gasteiger partial charge in [-0.2, -0.15) is 0 Å². The summed E-state index contributed by atoms with van der Waals surface area (Å²) in [6.07, 6.45) is 8.68. The van der Waals surface area contributed by atoms with Crippen LogP contribution in [-0.2, 0) is 9.53 Å². The molecule has 0 saturated heterocycles. The number of carbonyl (C=O) groups is 2. The molecule has 0 radical (unpaired) electrons. The molecule has 2 N–H and O–H groups in total. The first-order valence-electron chi connectivity index (χ1n) is 11.1. The molecule has 35 heavy (non-hydrogen) atoms. The quantitative estimate of drug-likeness (QED) is 0.355. The van der Waals surface area contributed by atoms with Crippen LogP contribution in [0.25, 0.3) is 23.2 Å². The smallest absolute Gasteiger partial charge is 0.308 e. The van der Waals surface area contributed by atoms with Crippen LogP contribution in [-0.4, -0.2) is 45.5 Å². The summed E-state index contributed by atoms with van der Waals surface area (Å²) in [6.45, 7) is 1.99. The highest BCUT2D eigenvalue weighted by molar-refractivity contribution is 5.94. The number of fused-ring (bicyclic) bond motifs is 1. The summed E-state index contributed by atoms with van der Waals surface area (Å²) in [6, 6.07) is 12.2. The van der Waals surface area contributed by atoms with Gasteiger partial charge in [-0.3, -0.25) is 9.59 Å². The van der Waals surface area contributed by atoms with Gasteiger partial charge in [0.15, 0.2) is 5.65 Å². The monoisotopic (exact) mass is 471 g/mol. The number of rotatable bonds is 9. The van der Waals surface area contributed by atoms with E-state index < -0.39 is 12.0 Å². The van der Waals surface area contributed by atoms with Crippen LogP contribution in [0.4, 0.5) is 0 Å². The molecule has 4 aromatic rings. The number of esters is 1. The van der Waals surface area contributed by atoms with E-state index in [-0.39, 0.29) is 18.9 Å². The molecule has 0 spiro atoms. The Balaban J connectivity index is 1.47. The average Bonchev–Trinajstić information content (AvgIpc) is 3.36. The predicted octanol–water partition coefficient (Wildman–Crippen LogP) is 3.96. The van der Waals surface area contributed by atoms with Crippen molar-refractivity contribution in [3.8, 4) is 5.88 Å². The number of hydrogen-bond acceptors (Lipinski definition) is 7. The van der Waals surface area contributed by atoms with Crippen molar-refractivity contribution in [3.05, 3.63) is 83.6 Å². The zero-order valence-corrected chi connectivity index (χ0v) is 19.4. The molecule has 0 bridgehead atoms. The number of aromatic nitrogens is 4. The van der Waals surface area contributed by atoms with Crippen LogP contribution in [0.1, 0.15) is 46.7 Å². The van der Waals surface area contributed by atoms with E-state index in [1.165, 1.54) is 7.11 Å². The van der Waals surface area contributed by atoms with Crippen molar-refractivity contribution in [1.82, 2.24) is 25.3 Å². The minimum absolute atomic E-state index is 0.0251. The Morgan fingerprint density at radius 1 is 1.14 bits per heavy atom. The molecule has 4 rings (SSSR count). The molecule has 178 valence electrons. The molecular formula is C26H25N5O4. The lowest BCUT2D eigenvalue weighted by Gasteiger charge is -2.18. The van der Waals surface area contributed by atoms with Gasteiger partial charge in [0, 0.05) is 30.0 Å². The van der Waals surface area contributed by atoms with E-state index in [1.54, 1.807) is 43.7 Å². The van der Waals surface area contributed by atoms with Gasteiger partial charge in [-0.15, -0.1) is 0 Å². The van der Waals surface area contributed by atoms with Crippen molar-refractivity contribution in [2.45, 2.75) is 19.4 Å². The molecule has 9 heteroatoms. The molecule has 0 aliphatic heterocycles. The van der Waals surface area contributed by atoms with Crippen LogP contribution in [0.5, 0.6) is 5.88 Å². The molecule has 0 unspecified atom stereocenters. The van der Waals surface area contributed by atoms with Crippen molar-refractivity contribution < 1.29 is 19.1 Å². The Bertz CT molecular complexity index is 1350. The standard InChI is InChI=1S/C26H25N5O4/c1-3-35-24(32)14-21(19-8-11-23(34-2)29-16-19)31-26(33)22-13-17(15-28-22)6-9-20-10-7-18-5-4-12-27-25(18)30-20/h4-13,15-16,21,28H,3,14H2,1-2H3,(H,31,33)/b9-6+/t21-/m0/s1. The first-order valence-corrected chi connectivity index (χ1v) is 11.1. The van der Waals surface area contributed by atoms with Crippen molar-refractivity contribution in [1.29, 1.82) is 0 Å². The number of nitrogens with one attached hydrogen (secondary N) is 2. The Kier molecular flexibility index (Phi) is 7.47. The number of amides is 1. The maximum absolute atomic E-state index is 12.9. The fourth-order valence-corrected chi connectivity index (χ4v) is 3.47. The van der Waals surface area contributed by atoms with Gasteiger partial charge >= 0.3 is 5.97 Å². The summed E-state index contributed by atoms with van der Waals surface area (Å²) in [5, 5.41) is 3.85. The van der Waals surface area contributed by atoms with Crippen molar-refractivity contribution in [2.75, 3.05) is 13.7 Å². The fraction of sp³-hybridized carbons (Fsp3) is 0.192. The predicted molar refractivity (Wildman–Crippen MR) is 132 cm³/mol. The number of ether oxygens (including phenoxy) is 2. The van der Waals surface area contributed by atoms with Gasteiger partial charge < -0.3 is 19.8 Å². The molecule has 1 amide bonds. The zero-order chi connectivity index (χ0) is 24.6. The van der Waals surface area contributed by atoms with Crippen LogP contribution in [0.3, 0.4) is 0 Å². The number of pyridine rings is 3. The van der Waals surface area contributed by atoms with E-state index in [4.69, 9.17) is 9.47 Å². The van der Waals surface area contributed by atoms with Gasteiger partial charge in [-0.05, 0) is 54.5 Å². The highest BCUT2D eigenvalue weighted by Crippen LogP contribution is 2.20. The summed E-state index contributed by atoms with van der Waals surface area (Å²) in [5.41, 5.74) is 3.24. The normalized spacial score (nSPS) is 11.9. The highest BCUT2D eigenvalue weighted by atomic mass is 16.5. The van der Waals surface area contributed by atoms with E-state index in [1.807, 2.05) is 36.4 Å². The number of hydrogen-bond donors (Lipinski definition) is 2. The van der Waals surface area contributed by atoms with E-state index in [0.29, 0.717) is 22.8 Å². The minimum atomic E-state index is -0.614. The van der Waals surface area contributed by atoms with Crippen LogP contribution in [0.15, 0.2) is 61.1 Å². The molecule has 0 aliphatic rings. The molecule has 9 nitrogen and oxygen atoms in total. The number of carbonyl (C=O) groups excluding carboxylic acids is 2. The van der Waals surface area contributed by atoms with Gasteiger partial charge in [-0.25, -0.2) is 15.0 Å². The summed E-state index contributed by atoms with van der Waals surface area (Å²) in [7, 11) is 1.52. The van der Waals surface area contributed by atoms with Crippen molar-refractivity contribution in [3.63, 3.8) is 0 Å². The summed E-state index contributed by atoms with van der Waals surface area (Å²) < 4.78 is 10.2. The number of nitrogens with zero attached hydrogens (tertiary/aromatic N) is 3. The van der Waals surface area contributed by atoms with Gasteiger partial charge in [0.25, 0.3) is 5.91 Å². The summed E-state index contributed by atoms with van der Waals surface area (Å²) >= 11 is 0. The van der Waals surface area contributed by atoms with Gasteiger partial charge in [0.1, 0.15) is 5.69 Å². The molecule has 1 atom stereocenters. The third-order valence-corrected chi connectivity index (χ3v) is 5.23. The lowest BCUT2D eigenvalue weighted by molar-refractivity contribution is -0.143. The SMILES string of the molecule is CCOC(=O)C[C@H](NC(=O)c1cc(/C=C/c2ccc3cccnc3n2)c[nH]1)c1ccc(OC)nc1. The fourth-order valence-electron chi connectivity index (χ4n) is 3.47. The summed E-state index contributed by atoms with van der Waals surface area (Å²) in [5.74, 6) is -0.337. The average molecular weight is 472 g/mol. The van der Waals surface area contributed by atoms with E-state index in [9.17, 15) is 9.59 Å². The van der Waals surface area contributed by atoms with Crippen LogP contribution in [0.2, 0.25) is 0 Å². The third-order valence-electron chi connectivity index (χ3n) is 5.23. The molecule has 0 aromatic carbocycles. The van der Waals surface area contributed by atoms with E-state index >= 15 is 0 Å². The van der Waals surface area contributed by atoms with Gasteiger partial charge in [0.2, 0.25) is 5.88 Å². The van der Waals surface area contributed by atoms with Gasteiger partial charge in [-0.1, -0.05) is 12.1 Å². The largest absolute Gasteiger partial charge is 0.481 e. The molecule has 0 saturated carbocycles. The molecule has 4 heterocycles. The van der Waals surface area contributed by atoms with Crippen LogP contribution >= 0.6 is 0 Å². The number of H-pyrrole nitrogens is 1. The van der Waals surface area contributed by atoms with Crippen molar-refractivity contribution in [2.24, 2.45) is 0 Å². The maximum atomic E-state index is 12.9. The van der Waals surface area contributed by atoms with E-state index in [2.05, 4.69) is 25.3 Å². The zero-order valence-electron chi connectivity index (χ0n) is 19.4. The Labute approximate surface area is 202 Å². The van der Waals surface area contributed by atoms with Crippen molar-refractivity contribution >= 4 is 35.1 Å². The second-order valence-electron chi connectivity index (χ2n) is 7.64. The van der Waals surface area contributed by atoms with Gasteiger partial charge in [0.05, 0.1) is 31.9 Å². The number of aromatic amines is 1. The Morgan fingerprint density at radius 3 is 2.80 bits per heavy atom. The first-order chi connectivity index (χ1) is 17.1. The summed E-state index contributed by atoms with van der Waals surface area (Å²) in [4.78, 5) is 41.0. The minimum Gasteiger partial charge on any atom is -0.481 e. The lowest BCUT2D eigenvalue weighted by Crippen LogP contribution is -2.31. The lowest BCUT2D eigenvalue weighted by atomic mass is 10.1. The third kappa shape index (κ3) is 6.08. The van der Waals surface area contributed by atoms with Crippen LogP contribution < -0.4 is 10.1 Å². The molecular weight excluding hydrogens is 446 g/mol. The van der Waals surface area contributed by atoms with Crippen LogP contribution in [0, 0.1) is 0 Å². The second kappa shape index (κ2) is 11.1. The molecule has 0 aliphatic carbocycles. The maximum Gasteiger partial charge on any atom is 0.308 e. The highest BCUT2D eigenvalue weighted by Gasteiger charge is 2.21. The van der Waals surface area contributed by atoms with E-state index in [0.717, 1.165) is 16.6 Å². The second-order valence-corrected chi connectivity index (χ2v) is 7.64. The number of methoxy groups -OCH3 is 1. The Hall–Kier alpha value is -4.53. The Morgan fingerprint density at radius 2 is 2.03 bits per heavy atom. The molecule has 0 fully saturated rings. The first kappa shape index (κ1) is 23.6. The topological polar surface area (TPSA) is 119 Å². The molecule has 4 aromatic heterocycles.